The summed E-state index contributed by atoms with van der Waals surface area (Å²) >= 11 is 6.06. The number of halogens is 1. The van der Waals surface area contributed by atoms with Gasteiger partial charge in [-0.25, -0.2) is 0 Å². The fraction of sp³-hybridized carbons (Fsp3) is 0.278. The van der Waals surface area contributed by atoms with Gasteiger partial charge in [0.1, 0.15) is 12.4 Å². The van der Waals surface area contributed by atoms with Crippen LogP contribution in [0.15, 0.2) is 48.5 Å². The maximum absolute atomic E-state index is 12.4. The lowest BCUT2D eigenvalue weighted by Gasteiger charge is -2.08. The summed E-state index contributed by atoms with van der Waals surface area (Å²) in [6, 6.07) is 14.1. The third-order valence-corrected chi connectivity index (χ3v) is 3.79. The second-order valence-electron chi connectivity index (χ2n) is 5.25. The molecule has 2 aromatic carbocycles. The maximum Gasteiger partial charge on any atom is 0.194 e. The smallest absolute Gasteiger partial charge is 0.194 e. The Hall–Kier alpha value is -1.84. The van der Waals surface area contributed by atoms with E-state index in [0.29, 0.717) is 35.5 Å². The maximum atomic E-state index is 12.4. The zero-order valence-corrected chi connectivity index (χ0v) is 12.9. The van der Waals surface area contributed by atoms with Gasteiger partial charge < -0.3 is 9.47 Å². The van der Waals surface area contributed by atoms with Gasteiger partial charge in [-0.1, -0.05) is 23.7 Å². The molecule has 0 bridgehead atoms. The number of carbonyl (C=O) groups is 1. The molecule has 1 aliphatic carbocycles. The van der Waals surface area contributed by atoms with E-state index in [9.17, 15) is 4.79 Å². The highest BCUT2D eigenvalue weighted by atomic mass is 35.5. The summed E-state index contributed by atoms with van der Waals surface area (Å²) in [5.41, 5.74) is 1.10. The van der Waals surface area contributed by atoms with Crippen LogP contribution in [0, 0.1) is 0 Å². The van der Waals surface area contributed by atoms with Crippen molar-refractivity contribution in [3.05, 3.63) is 64.7 Å². The summed E-state index contributed by atoms with van der Waals surface area (Å²) in [5, 5.41) is 0.463. The first-order valence-electron chi connectivity index (χ1n) is 7.38. The summed E-state index contributed by atoms with van der Waals surface area (Å²) in [4.78, 5) is 12.4. The molecule has 1 aliphatic rings. The van der Waals surface area contributed by atoms with Crippen molar-refractivity contribution in [3.8, 4) is 5.75 Å². The van der Waals surface area contributed by atoms with Crippen LogP contribution >= 0.6 is 11.6 Å². The molecule has 1 saturated carbocycles. The van der Waals surface area contributed by atoms with E-state index in [-0.39, 0.29) is 5.78 Å². The minimum atomic E-state index is -0.0887. The van der Waals surface area contributed by atoms with Gasteiger partial charge >= 0.3 is 0 Å². The number of ketones is 1. The van der Waals surface area contributed by atoms with Crippen molar-refractivity contribution in [2.24, 2.45) is 0 Å². The fourth-order valence-electron chi connectivity index (χ4n) is 2.11. The summed E-state index contributed by atoms with van der Waals surface area (Å²) in [7, 11) is 0. The molecule has 3 nitrogen and oxygen atoms in total. The standard InChI is InChI=1S/C18H17ClO3/c19-17-4-2-1-3-16(17)18(20)13-5-7-14(8-6-13)21-11-12-22-15-9-10-15/h1-8,15H,9-12H2. The van der Waals surface area contributed by atoms with Crippen molar-refractivity contribution in [2.45, 2.75) is 18.9 Å². The lowest BCUT2D eigenvalue weighted by Crippen LogP contribution is -2.08. The second-order valence-corrected chi connectivity index (χ2v) is 5.66. The van der Waals surface area contributed by atoms with Crippen LogP contribution < -0.4 is 4.74 Å². The molecule has 0 amide bonds. The van der Waals surface area contributed by atoms with Crippen LogP contribution in [0.2, 0.25) is 5.02 Å². The van der Waals surface area contributed by atoms with Crippen molar-refractivity contribution in [1.82, 2.24) is 0 Å². The average Bonchev–Trinajstić information content (AvgIpc) is 3.36. The first kappa shape index (κ1) is 15.1. The van der Waals surface area contributed by atoms with E-state index in [2.05, 4.69) is 0 Å². The summed E-state index contributed by atoms with van der Waals surface area (Å²) in [6.45, 7) is 1.12. The number of hydrogen-bond donors (Lipinski definition) is 0. The molecule has 0 atom stereocenters. The van der Waals surface area contributed by atoms with E-state index < -0.39 is 0 Å². The normalized spacial score (nSPS) is 13.9. The molecule has 114 valence electrons. The lowest BCUT2D eigenvalue weighted by molar-refractivity contribution is 0.0880. The first-order valence-corrected chi connectivity index (χ1v) is 7.75. The number of benzene rings is 2. The zero-order chi connectivity index (χ0) is 15.4. The minimum absolute atomic E-state index is 0.0887. The van der Waals surface area contributed by atoms with Crippen molar-refractivity contribution in [3.63, 3.8) is 0 Å². The Morgan fingerprint density at radius 2 is 1.77 bits per heavy atom. The molecule has 0 saturated heterocycles. The van der Waals surface area contributed by atoms with Crippen LogP contribution in [0.1, 0.15) is 28.8 Å². The van der Waals surface area contributed by atoms with E-state index in [1.54, 1.807) is 48.5 Å². The van der Waals surface area contributed by atoms with Crippen LogP contribution in [-0.2, 0) is 4.74 Å². The molecule has 0 unspecified atom stereocenters. The largest absolute Gasteiger partial charge is 0.491 e. The van der Waals surface area contributed by atoms with Gasteiger partial charge in [0.15, 0.2) is 5.78 Å². The molecule has 2 aromatic rings. The Kier molecular flexibility index (Phi) is 4.76. The van der Waals surface area contributed by atoms with E-state index in [1.807, 2.05) is 0 Å². The third-order valence-electron chi connectivity index (χ3n) is 3.46. The van der Waals surface area contributed by atoms with Gasteiger partial charge in [0, 0.05) is 11.1 Å². The number of carbonyl (C=O) groups excluding carboxylic acids is 1. The fourth-order valence-corrected chi connectivity index (χ4v) is 2.33. The Labute approximate surface area is 134 Å². The van der Waals surface area contributed by atoms with Gasteiger partial charge in [-0.2, -0.15) is 0 Å². The van der Waals surface area contributed by atoms with Gasteiger partial charge in [0.2, 0.25) is 0 Å². The molecule has 0 spiro atoms. The molecule has 22 heavy (non-hydrogen) atoms. The molecule has 0 radical (unpaired) electrons. The molecule has 1 fully saturated rings. The lowest BCUT2D eigenvalue weighted by atomic mass is 10.0. The highest BCUT2D eigenvalue weighted by molar-refractivity contribution is 6.34. The topological polar surface area (TPSA) is 35.5 Å². The monoisotopic (exact) mass is 316 g/mol. The first-order chi connectivity index (χ1) is 10.7. The minimum Gasteiger partial charge on any atom is -0.491 e. The Morgan fingerprint density at radius 3 is 2.45 bits per heavy atom. The number of hydrogen-bond acceptors (Lipinski definition) is 3. The van der Waals surface area contributed by atoms with Gasteiger partial charge in [-0.05, 0) is 49.2 Å². The molecule has 0 aromatic heterocycles. The second kappa shape index (κ2) is 6.95. The van der Waals surface area contributed by atoms with Crippen LogP contribution in [0.3, 0.4) is 0 Å². The van der Waals surface area contributed by atoms with E-state index in [0.717, 1.165) is 5.75 Å². The van der Waals surface area contributed by atoms with Crippen LogP contribution in [0.25, 0.3) is 0 Å². The summed E-state index contributed by atoms with van der Waals surface area (Å²) < 4.78 is 11.1. The van der Waals surface area contributed by atoms with Gasteiger partial charge in [-0.3, -0.25) is 4.79 Å². The Morgan fingerprint density at radius 1 is 1.05 bits per heavy atom. The third kappa shape index (κ3) is 3.87. The number of ether oxygens (including phenoxy) is 2. The summed E-state index contributed by atoms with van der Waals surface area (Å²) in [5.74, 6) is 0.643. The molecule has 0 heterocycles. The molecular weight excluding hydrogens is 300 g/mol. The SMILES string of the molecule is O=C(c1ccc(OCCOC2CC2)cc1)c1ccccc1Cl. The highest BCUT2D eigenvalue weighted by Gasteiger charge is 2.21. The van der Waals surface area contributed by atoms with Gasteiger partial charge in [0.05, 0.1) is 17.7 Å². The zero-order valence-electron chi connectivity index (χ0n) is 12.1. The Bertz CT molecular complexity index is 648. The van der Waals surface area contributed by atoms with Crippen LogP contribution in [0.5, 0.6) is 5.75 Å². The van der Waals surface area contributed by atoms with Crippen LogP contribution in [0.4, 0.5) is 0 Å². The molecule has 0 N–H and O–H groups in total. The molecule has 3 rings (SSSR count). The predicted octanol–water partition coefficient (Wildman–Crippen LogP) is 4.13. The van der Waals surface area contributed by atoms with E-state index >= 15 is 0 Å². The Balaban J connectivity index is 1.58. The molecule has 0 aliphatic heterocycles. The molecular formula is C18H17ClO3. The van der Waals surface area contributed by atoms with Crippen molar-refractivity contribution < 1.29 is 14.3 Å². The molecule has 4 heteroatoms. The summed E-state index contributed by atoms with van der Waals surface area (Å²) in [6.07, 6.45) is 2.77. The van der Waals surface area contributed by atoms with Crippen LogP contribution in [-0.4, -0.2) is 25.1 Å². The quantitative estimate of drug-likeness (QED) is 0.569. The van der Waals surface area contributed by atoms with E-state index in [1.165, 1.54) is 12.8 Å². The highest BCUT2D eigenvalue weighted by Crippen LogP contribution is 2.23. The predicted molar refractivity (Wildman–Crippen MR) is 85.8 cm³/mol. The van der Waals surface area contributed by atoms with Gasteiger partial charge in [0.25, 0.3) is 0 Å². The van der Waals surface area contributed by atoms with Gasteiger partial charge in [-0.15, -0.1) is 0 Å². The number of rotatable bonds is 7. The van der Waals surface area contributed by atoms with Crippen molar-refractivity contribution in [2.75, 3.05) is 13.2 Å². The van der Waals surface area contributed by atoms with Crippen molar-refractivity contribution in [1.29, 1.82) is 0 Å². The van der Waals surface area contributed by atoms with E-state index in [4.69, 9.17) is 21.1 Å². The van der Waals surface area contributed by atoms with Crippen molar-refractivity contribution >= 4 is 17.4 Å². The average molecular weight is 317 g/mol.